The monoisotopic (exact) mass is 356 g/mol. The number of hydrogen-bond acceptors (Lipinski definition) is 5. The SMILES string of the molecule is CCCCCCCCC(P(OCC)OCC)P(=O)(OC)OC. The van der Waals surface area contributed by atoms with Gasteiger partial charge in [0.25, 0.3) is 0 Å². The zero-order valence-corrected chi connectivity index (χ0v) is 16.7. The van der Waals surface area contributed by atoms with E-state index in [4.69, 9.17) is 18.1 Å². The first-order valence-electron chi connectivity index (χ1n) is 8.35. The van der Waals surface area contributed by atoms with Crippen LogP contribution in [0.2, 0.25) is 0 Å². The summed E-state index contributed by atoms with van der Waals surface area (Å²) in [6.07, 6.45) is 7.87. The molecule has 0 aliphatic rings. The molecule has 1 unspecified atom stereocenters. The molecule has 0 aliphatic heterocycles. The molecule has 134 valence electrons. The Balaban J connectivity index is 4.67. The van der Waals surface area contributed by atoms with E-state index < -0.39 is 16.0 Å². The topological polar surface area (TPSA) is 54.0 Å². The lowest BCUT2D eigenvalue weighted by atomic mass is 10.1. The molecule has 0 fully saturated rings. The van der Waals surface area contributed by atoms with Crippen molar-refractivity contribution < 1.29 is 22.7 Å². The molecule has 0 saturated heterocycles. The second kappa shape index (κ2) is 13.9. The van der Waals surface area contributed by atoms with Crippen LogP contribution in [0.1, 0.15) is 65.7 Å². The first-order valence-corrected chi connectivity index (χ1v) is 11.2. The zero-order chi connectivity index (χ0) is 16.8. The van der Waals surface area contributed by atoms with Gasteiger partial charge in [-0.15, -0.1) is 0 Å². The molecule has 0 N–H and O–H groups in total. The third-order valence-electron chi connectivity index (χ3n) is 3.45. The fourth-order valence-corrected chi connectivity index (χ4v) is 6.61. The van der Waals surface area contributed by atoms with E-state index in [1.807, 2.05) is 13.8 Å². The van der Waals surface area contributed by atoms with Gasteiger partial charge in [0, 0.05) is 14.2 Å². The van der Waals surface area contributed by atoms with Crippen molar-refractivity contribution in [2.24, 2.45) is 0 Å². The normalized spacial score (nSPS) is 13.7. The fraction of sp³-hybridized carbons (Fsp3) is 1.00. The zero-order valence-electron chi connectivity index (χ0n) is 14.9. The Labute approximate surface area is 137 Å². The molecule has 0 bridgehead atoms. The molecule has 7 heteroatoms. The Kier molecular flexibility index (Phi) is 14.2. The second-order valence-corrected chi connectivity index (χ2v) is 9.61. The quantitative estimate of drug-likeness (QED) is 0.269. The van der Waals surface area contributed by atoms with E-state index in [0.717, 1.165) is 19.3 Å². The molecular formula is C15H34O5P2. The van der Waals surface area contributed by atoms with Gasteiger partial charge in [0.05, 0.1) is 13.2 Å². The maximum Gasteiger partial charge on any atom is 0.342 e. The standard InChI is InChI=1S/C15H34O5P2/c1-6-9-10-11-12-13-14-15(22(16,17-4)18-5)21(19-7-2)20-8-3/h15H,6-14H2,1-5H3. The minimum atomic E-state index is -3.19. The van der Waals surface area contributed by atoms with E-state index in [-0.39, 0.29) is 5.40 Å². The summed E-state index contributed by atoms with van der Waals surface area (Å²) >= 11 is 0. The van der Waals surface area contributed by atoms with Gasteiger partial charge in [0.1, 0.15) is 5.40 Å². The summed E-state index contributed by atoms with van der Waals surface area (Å²) in [6, 6.07) is 0. The van der Waals surface area contributed by atoms with Gasteiger partial charge in [-0.1, -0.05) is 45.4 Å². The Morgan fingerprint density at radius 3 is 1.82 bits per heavy atom. The largest absolute Gasteiger partial charge is 0.342 e. The first kappa shape index (κ1) is 22.5. The molecule has 0 aromatic rings. The van der Waals surface area contributed by atoms with Gasteiger partial charge in [-0.2, -0.15) is 0 Å². The average Bonchev–Trinajstić information content (AvgIpc) is 2.53. The summed E-state index contributed by atoms with van der Waals surface area (Å²) < 4.78 is 34.6. The van der Waals surface area contributed by atoms with Gasteiger partial charge in [-0.05, 0) is 20.3 Å². The second-order valence-electron chi connectivity index (χ2n) is 5.06. The highest BCUT2D eigenvalue weighted by Gasteiger charge is 2.41. The van der Waals surface area contributed by atoms with Crippen LogP contribution in [0, 0.1) is 0 Å². The summed E-state index contributed by atoms with van der Waals surface area (Å²) in [4.78, 5) is 0. The van der Waals surface area contributed by atoms with E-state index in [2.05, 4.69) is 6.92 Å². The molecule has 0 aliphatic carbocycles. The summed E-state index contributed by atoms with van der Waals surface area (Å²) in [6.45, 7) is 7.11. The summed E-state index contributed by atoms with van der Waals surface area (Å²) in [7, 11) is -1.59. The molecular weight excluding hydrogens is 322 g/mol. The van der Waals surface area contributed by atoms with Crippen molar-refractivity contribution in [1.82, 2.24) is 0 Å². The summed E-state index contributed by atoms with van der Waals surface area (Å²) in [5, 5.41) is -0.316. The number of hydrogen-bond donors (Lipinski definition) is 0. The minimum Gasteiger partial charge on any atom is -0.334 e. The molecule has 0 aromatic heterocycles. The Hall–Kier alpha value is 0.500. The van der Waals surface area contributed by atoms with Gasteiger partial charge in [0.15, 0.2) is 8.38 Å². The van der Waals surface area contributed by atoms with E-state index in [9.17, 15) is 4.57 Å². The lowest BCUT2D eigenvalue weighted by Gasteiger charge is -2.29. The summed E-state index contributed by atoms with van der Waals surface area (Å²) in [5.41, 5.74) is 0. The lowest BCUT2D eigenvalue weighted by Crippen LogP contribution is -2.13. The Bertz CT molecular complexity index is 288. The van der Waals surface area contributed by atoms with Gasteiger partial charge in [-0.25, -0.2) is 0 Å². The first-order chi connectivity index (χ1) is 10.6. The minimum absolute atomic E-state index is 0.316. The van der Waals surface area contributed by atoms with Crippen molar-refractivity contribution in [2.45, 2.75) is 71.1 Å². The maximum atomic E-state index is 12.8. The van der Waals surface area contributed by atoms with Crippen LogP contribution in [0.5, 0.6) is 0 Å². The Morgan fingerprint density at radius 1 is 0.864 bits per heavy atom. The van der Waals surface area contributed by atoms with Crippen LogP contribution in [-0.2, 0) is 22.7 Å². The summed E-state index contributed by atoms with van der Waals surface area (Å²) in [5.74, 6) is 0. The van der Waals surface area contributed by atoms with E-state index in [1.165, 1.54) is 39.9 Å². The van der Waals surface area contributed by atoms with Crippen molar-refractivity contribution in [3.05, 3.63) is 0 Å². The van der Waals surface area contributed by atoms with Crippen molar-refractivity contribution in [3.63, 3.8) is 0 Å². The van der Waals surface area contributed by atoms with Crippen LogP contribution < -0.4 is 0 Å². The Morgan fingerprint density at radius 2 is 1.36 bits per heavy atom. The highest BCUT2D eigenvalue weighted by Crippen LogP contribution is 2.66. The molecule has 1 atom stereocenters. The van der Waals surface area contributed by atoms with Crippen molar-refractivity contribution in [2.75, 3.05) is 27.4 Å². The van der Waals surface area contributed by atoms with Crippen molar-refractivity contribution >= 4 is 16.0 Å². The molecule has 0 spiro atoms. The highest BCUT2D eigenvalue weighted by atomic mass is 31.2. The predicted octanol–water partition coefficient (Wildman–Crippen LogP) is 5.93. The average molecular weight is 356 g/mol. The van der Waals surface area contributed by atoms with Gasteiger partial charge >= 0.3 is 7.60 Å². The van der Waals surface area contributed by atoms with Gasteiger partial charge in [0.2, 0.25) is 0 Å². The molecule has 0 radical (unpaired) electrons. The van der Waals surface area contributed by atoms with Crippen LogP contribution in [0.15, 0.2) is 0 Å². The predicted molar refractivity (Wildman–Crippen MR) is 93.6 cm³/mol. The number of unbranched alkanes of at least 4 members (excludes halogenated alkanes) is 5. The number of rotatable bonds is 15. The molecule has 0 rings (SSSR count). The maximum absolute atomic E-state index is 12.8. The lowest BCUT2D eigenvalue weighted by molar-refractivity contribution is 0.245. The molecule has 0 amide bonds. The van der Waals surface area contributed by atoms with Crippen LogP contribution in [-0.4, -0.2) is 32.8 Å². The highest BCUT2D eigenvalue weighted by molar-refractivity contribution is 7.69. The van der Waals surface area contributed by atoms with Gasteiger partial charge < -0.3 is 18.1 Å². The molecule has 0 saturated carbocycles. The molecule has 5 nitrogen and oxygen atoms in total. The van der Waals surface area contributed by atoms with Gasteiger partial charge in [-0.3, -0.25) is 4.57 Å². The van der Waals surface area contributed by atoms with Crippen LogP contribution in [0.4, 0.5) is 0 Å². The van der Waals surface area contributed by atoms with E-state index >= 15 is 0 Å². The molecule has 0 aromatic carbocycles. The third-order valence-corrected chi connectivity index (χ3v) is 8.64. The molecule has 0 heterocycles. The fourth-order valence-electron chi connectivity index (χ4n) is 2.27. The van der Waals surface area contributed by atoms with E-state index in [0.29, 0.717) is 13.2 Å². The van der Waals surface area contributed by atoms with E-state index in [1.54, 1.807) is 0 Å². The van der Waals surface area contributed by atoms with Crippen molar-refractivity contribution in [3.8, 4) is 0 Å². The molecule has 22 heavy (non-hydrogen) atoms. The van der Waals surface area contributed by atoms with Crippen LogP contribution in [0.25, 0.3) is 0 Å². The third kappa shape index (κ3) is 8.38. The van der Waals surface area contributed by atoms with Crippen LogP contribution >= 0.6 is 16.0 Å². The smallest absolute Gasteiger partial charge is 0.334 e. The van der Waals surface area contributed by atoms with Crippen LogP contribution in [0.3, 0.4) is 0 Å². The van der Waals surface area contributed by atoms with Crippen molar-refractivity contribution in [1.29, 1.82) is 0 Å².